The molecule has 1 aromatic rings. The molecule has 1 heterocycles. The van der Waals surface area contributed by atoms with E-state index < -0.39 is 11.7 Å². The fraction of sp³-hybridized carbons (Fsp3) is 0.429. The molecule has 1 amide bonds. The lowest BCUT2D eigenvalue weighted by atomic mass is 10.1. The molecule has 0 fully saturated rings. The first-order chi connectivity index (χ1) is 9.02. The molecule has 0 spiro atoms. The number of halogens is 1. The molecular formula is C14H16ClNO3. The molecule has 102 valence electrons. The smallest absolute Gasteiger partial charge is 0.299 e. The predicted molar refractivity (Wildman–Crippen MR) is 73.8 cm³/mol. The van der Waals surface area contributed by atoms with Crippen molar-refractivity contribution in [2.75, 3.05) is 24.7 Å². The van der Waals surface area contributed by atoms with E-state index in [1.54, 1.807) is 18.2 Å². The highest BCUT2D eigenvalue weighted by atomic mass is 35.5. The molecule has 1 aromatic carbocycles. The van der Waals surface area contributed by atoms with Gasteiger partial charge >= 0.3 is 0 Å². The molecule has 0 aromatic heterocycles. The van der Waals surface area contributed by atoms with Crippen molar-refractivity contribution < 1.29 is 14.3 Å². The molecule has 1 aliphatic rings. The van der Waals surface area contributed by atoms with E-state index in [1.807, 2.05) is 0 Å². The average Bonchev–Trinajstić information content (AvgIpc) is 2.60. The molecule has 0 saturated carbocycles. The van der Waals surface area contributed by atoms with Crippen LogP contribution >= 0.6 is 11.6 Å². The predicted octanol–water partition coefficient (Wildman–Crippen LogP) is 2.54. The van der Waals surface area contributed by atoms with E-state index in [2.05, 4.69) is 13.8 Å². The lowest BCUT2D eigenvalue weighted by Gasteiger charge is -2.17. The molecule has 0 aliphatic carbocycles. The van der Waals surface area contributed by atoms with Crippen LogP contribution in [-0.4, -0.2) is 31.4 Å². The molecule has 0 unspecified atom stereocenters. The summed E-state index contributed by atoms with van der Waals surface area (Å²) in [7, 11) is 0. The van der Waals surface area contributed by atoms with E-state index >= 15 is 0 Å². The van der Waals surface area contributed by atoms with Gasteiger partial charge in [-0.2, -0.15) is 0 Å². The number of Topliss-reactive ketones (excluding diaryl/α,β-unsaturated/α-hetero) is 1. The van der Waals surface area contributed by atoms with Crippen molar-refractivity contribution in [2.24, 2.45) is 5.92 Å². The summed E-state index contributed by atoms with van der Waals surface area (Å²) in [6.45, 7) is 5.47. The molecule has 1 aliphatic heterocycles. The third kappa shape index (κ3) is 2.80. The van der Waals surface area contributed by atoms with Crippen LogP contribution in [0.2, 0.25) is 5.02 Å². The van der Waals surface area contributed by atoms with Crippen LogP contribution in [0.5, 0.6) is 0 Å². The highest BCUT2D eigenvalue weighted by molar-refractivity contribution is 6.54. The highest BCUT2D eigenvalue weighted by Crippen LogP contribution is 2.35. The number of hydrogen-bond acceptors (Lipinski definition) is 3. The molecule has 4 nitrogen and oxygen atoms in total. The first kappa shape index (κ1) is 14.0. The lowest BCUT2D eigenvalue weighted by Crippen LogP contribution is -2.33. The molecule has 0 saturated heterocycles. The first-order valence-corrected chi connectivity index (χ1v) is 6.62. The Hall–Kier alpha value is -1.39. The first-order valence-electron chi connectivity index (χ1n) is 6.24. The van der Waals surface area contributed by atoms with Crippen LogP contribution in [0.4, 0.5) is 5.69 Å². The normalized spacial score (nSPS) is 14.4. The summed E-state index contributed by atoms with van der Waals surface area (Å²) in [6, 6.07) is 4.97. The summed E-state index contributed by atoms with van der Waals surface area (Å²) in [5.74, 6) is -0.593. The zero-order valence-electron chi connectivity index (χ0n) is 11.0. The van der Waals surface area contributed by atoms with Gasteiger partial charge in [-0.25, -0.2) is 0 Å². The maximum atomic E-state index is 11.9. The van der Waals surface area contributed by atoms with Crippen molar-refractivity contribution >= 4 is 29.0 Å². The topological polar surface area (TPSA) is 46.6 Å². The minimum absolute atomic E-state index is 0.341. The van der Waals surface area contributed by atoms with Gasteiger partial charge in [-0.3, -0.25) is 9.59 Å². The number of amides is 1. The Morgan fingerprint density at radius 3 is 2.74 bits per heavy atom. The number of nitrogens with zero attached hydrogens (tertiary/aromatic N) is 1. The van der Waals surface area contributed by atoms with Gasteiger partial charge in [0.25, 0.3) is 11.7 Å². The van der Waals surface area contributed by atoms with Gasteiger partial charge in [-0.05, 0) is 18.1 Å². The molecule has 5 heteroatoms. The number of anilines is 1. The van der Waals surface area contributed by atoms with Gasteiger partial charge < -0.3 is 9.64 Å². The number of carbonyl (C=O) groups is 2. The van der Waals surface area contributed by atoms with Gasteiger partial charge in [-0.1, -0.05) is 31.5 Å². The van der Waals surface area contributed by atoms with Crippen LogP contribution in [0, 0.1) is 5.92 Å². The van der Waals surface area contributed by atoms with Gasteiger partial charge in [0.1, 0.15) is 0 Å². The lowest BCUT2D eigenvalue weighted by molar-refractivity contribution is -0.114. The second kappa shape index (κ2) is 5.72. The van der Waals surface area contributed by atoms with Crippen LogP contribution in [0.15, 0.2) is 18.2 Å². The molecule has 0 bridgehead atoms. The highest BCUT2D eigenvalue weighted by Gasteiger charge is 2.36. The van der Waals surface area contributed by atoms with Gasteiger partial charge in [0.15, 0.2) is 0 Å². The minimum atomic E-state index is -0.531. The van der Waals surface area contributed by atoms with Crippen molar-refractivity contribution in [1.29, 1.82) is 0 Å². The SMILES string of the molecule is CC(C)COCCN1C(=O)C(=O)c2cccc(Cl)c21. The van der Waals surface area contributed by atoms with Crippen molar-refractivity contribution in [3.05, 3.63) is 28.8 Å². The fourth-order valence-electron chi connectivity index (χ4n) is 2.00. The summed E-state index contributed by atoms with van der Waals surface area (Å²) in [5, 5.41) is 0.417. The van der Waals surface area contributed by atoms with E-state index in [4.69, 9.17) is 16.3 Å². The van der Waals surface area contributed by atoms with Crippen molar-refractivity contribution in [1.82, 2.24) is 0 Å². The quantitative estimate of drug-likeness (QED) is 0.615. The zero-order chi connectivity index (χ0) is 14.0. The Labute approximate surface area is 117 Å². The van der Waals surface area contributed by atoms with E-state index in [9.17, 15) is 9.59 Å². The molecule has 0 radical (unpaired) electrons. The van der Waals surface area contributed by atoms with Gasteiger partial charge in [0, 0.05) is 13.2 Å². The van der Waals surface area contributed by atoms with Crippen LogP contribution in [0.3, 0.4) is 0 Å². The Bertz CT molecular complexity index is 513. The van der Waals surface area contributed by atoms with Crippen LogP contribution in [-0.2, 0) is 9.53 Å². The molecule has 2 rings (SSSR count). The van der Waals surface area contributed by atoms with E-state index in [1.165, 1.54) is 4.90 Å². The van der Waals surface area contributed by atoms with Crippen LogP contribution in [0.1, 0.15) is 24.2 Å². The van der Waals surface area contributed by atoms with E-state index in [-0.39, 0.29) is 0 Å². The Kier molecular flexibility index (Phi) is 4.22. The largest absolute Gasteiger partial charge is 0.379 e. The maximum Gasteiger partial charge on any atom is 0.299 e. The third-order valence-corrected chi connectivity index (χ3v) is 3.16. The number of fused-ring (bicyclic) bond motifs is 1. The molecule has 0 N–H and O–H groups in total. The van der Waals surface area contributed by atoms with Crippen molar-refractivity contribution in [3.63, 3.8) is 0 Å². The zero-order valence-corrected chi connectivity index (χ0v) is 11.7. The van der Waals surface area contributed by atoms with Gasteiger partial charge in [-0.15, -0.1) is 0 Å². The average molecular weight is 282 g/mol. The standard InChI is InChI=1S/C14H16ClNO3/c1-9(2)8-19-7-6-16-12-10(13(17)14(16)18)4-3-5-11(12)15/h3-5,9H,6-8H2,1-2H3. The Balaban J connectivity index is 2.10. The van der Waals surface area contributed by atoms with E-state index in [0.29, 0.717) is 41.9 Å². The second-order valence-corrected chi connectivity index (χ2v) is 5.30. The van der Waals surface area contributed by atoms with Gasteiger partial charge in [0.05, 0.1) is 22.9 Å². The second-order valence-electron chi connectivity index (χ2n) is 4.89. The number of benzene rings is 1. The Morgan fingerprint density at radius 1 is 1.32 bits per heavy atom. The molecular weight excluding hydrogens is 266 g/mol. The van der Waals surface area contributed by atoms with Crippen LogP contribution in [0.25, 0.3) is 0 Å². The number of rotatable bonds is 5. The van der Waals surface area contributed by atoms with E-state index in [0.717, 1.165) is 0 Å². The molecule has 0 atom stereocenters. The number of ether oxygens (including phenoxy) is 1. The maximum absolute atomic E-state index is 11.9. The Morgan fingerprint density at radius 2 is 2.05 bits per heavy atom. The number of carbonyl (C=O) groups excluding carboxylic acids is 2. The monoisotopic (exact) mass is 281 g/mol. The summed E-state index contributed by atoms with van der Waals surface area (Å²) >= 11 is 6.07. The number of para-hydroxylation sites is 1. The van der Waals surface area contributed by atoms with Crippen molar-refractivity contribution in [3.8, 4) is 0 Å². The summed E-state index contributed by atoms with van der Waals surface area (Å²) in [5.41, 5.74) is 0.883. The summed E-state index contributed by atoms with van der Waals surface area (Å²) < 4.78 is 5.45. The summed E-state index contributed by atoms with van der Waals surface area (Å²) in [6.07, 6.45) is 0. The minimum Gasteiger partial charge on any atom is -0.379 e. The number of hydrogen-bond donors (Lipinski definition) is 0. The van der Waals surface area contributed by atoms with Gasteiger partial charge in [0.2, 0.25) is 0 Å². The van der Waals surface area contributed by atoms with Crippen LogP contribution < -0.4 is 4.90 Å². The fourth-order valence-corrected chi connectivity index (χ4v) is 2.28. The van der Waals surface area contributed by atoms with Crippen molar-refractivity contribution in [2.45, 2.75) is 13.8 Å². The molecule has 19 heavy (non-hydrogen) atoms. The summed E-state index contributed by atoms with van der Waals surface area (Å²) in [4.78, 5) is 25.1. The third-order valence-electron chi connectivity index (χ3n) is 2.85. The number of ketones is 1.